The van der Waals surface area contributed by atoms with Crippen molar-refractivity contribution in [2.24, 2.45) is 5.73 Å². The van der Waals surface area contributed by atoms with Crippen LogP contribution < -0.4 is 5.73 Å². The Morgan fingerprint density at radius 3 is 2.48 bits per heavy atom. The van der Waals surface area contributed by atoms with E-state index in [1.165, 1.54) is 0 Å². The molecule has 0 saturated carbocycles. The summed E-state index contributed by atoms with van der Waals surface area (Å²) in [5.74, 6) is 1.25. The number of benzene rings is 1. The van der Waals surface area contributed by atoms with E-state index < -0.39 is 5.91 Å². The van der Waals surface area contributed by atoms with E-state index in [2.05, 4.69) is 0 Å². The Kier molecular flexibility index (Phi) is 4.19. The first-order valence-electron chi connectivity index (χ1n) is 7.89. The molecule has 120 valence electrons. The predicted molar refractivity (Wildman–Crippen MR) is 86.1 cm³/mol. The molecule has 1 aliphatic rings. The van der Waals surface area contributed by atoms with E-state index in [9.17, 15) is 9.59 Å². The average Bonchev–Trinajstić information content (AvgIpc) is 3.22. The second-order valence-electron chi connectivity index (χ2n) is 5.76. The average molecular weight is 312 g/mol. The van der Waals surface area contributed by atoms with E-state index in [4.69, 9.17) is 10.2 Å². The third-order valence-electron chi connectivity index (χ3n) is 4.29. The highest BCUT2D eigenvalue weighted by Crippen LogP contribution is 2.34. The van der Waals surface area contributed by atoms with Gasteiger partial charge in [-0.15, -0.1) is 0 Å². The van der Waals surface area contributed by atoms with Crippen LogP contribution in [0.4, 0.5) is 0 Å². The fourth-order valence-electron chi connectivity index (χ4n) is 3.01. The van der Waals surface area contributed by atoms with Crippen molar-refractivity contribution in [3.8, 4) is 0 Å². The summed E-state index contributed by atoms with van der Waals surface area (Å²) in [6, 6.07) is 10.4. The van der Waals surface area contributed by atoms with E-state index in [1.807, 2.05) is 24.0 Å². The zero-order valence-electron chi connectivity index (χ0n) is 13.1. The third kappa shape index (κ3) is 2.99. The summed E-state index contributed by atoms with van der Waals surface area (Å²) in [4.78, 5) is 25.7. The van der Waals surface area contributed by atoms with E-state index in [-0.39, 0.29) is 11.9 Å². The molecule has 3 rings (SSSR count). The Morgan fingerprint density at radius 2 is 1.87 bits per heavy atom. The summed E-state index contributed by atoms with van der Waals surface area (Å²) in [5, 5.41) is 0. The zero-order chi connectivity index (χ0) is 16.4. The Labute approximate surface area is 135 Å². The number of likely N-dealkylation sites (tertiary alicyclic amines) is 1. The van der Waals surface area contributed by atoms with Crippen molar-refractivity contribution in [2.45, 2.75) is 32.2 Å². The quantitative estimate of drug-likeness (QED) is 0.943. The molecule has 1 fully saturated rings. The molecule has 1 unspecified atom stereocenters. The molecule has 1 aromatic heterocycles. The Balaban J connectivity index is 1.81. The summed E-state index contributed by atoms with van der Waals surface area (Å²) in [7, 11) is 0. The van der Waals surface area contributed by atoms with Gasteiger partial charge < -0.3 is 15.1 Å². The number of hydrogen-bond donors (Lipinski definition) is 1. The number of aryl methyl sites for hydroxylation is 1. The van der Waals surface area contributed by atoms with E-state index in [0.29, 0.717) is 17.7 Å². The standard InChI is InChI=1S/C18H20N2O3/c1-2-14-9-10-16(23-14)15-4-3-11-20(15)18(22)13-7-5-12(6-8-13)17(19)21/h5-10,15H,2-4,11H2,1H3,(H2,19,21). The lowest BCUT2D eigenvalue weighted by molar-refractivity contribution is 0.0718. The lowest BCUT2D eigenvalue weighted by atomic mass is 10.1. The summed E-state index contributed by atoms with van der Waals surface area (Å²) in [6.07, 6.45) is 2.70. The van der Waals surface area contributed by atoms with Crippen LogP contribution in [0, 0.1) is 0 Å². The molecule has 0 bridgehead atoms. The molecule has 1 aromatic carbocycles. The van der Waals surface area contributed by atoms with Gasteiger partial charge in [0.25, 0.3) is 5.91 Å². The highest BCUT2D eigenvalue weighted by molar-refractivity contribution is 5.97. The molecule has 1 aliphatic heterocycles. The predicted octanol–water partition coefficient (Wildman–Crippen LogP) is 2.92. The number of hydrogen-bond acceptors (Lipinski definition) is 3. The first-order chi connectivity index (χ1) is 11.1. The van der Waals surface area contributed by atoms with Gasteiger partial charge in [-0.3, -0.25) is 9.59 Å². The van der Waals surface area contributed by atoms with Crippen molar-refractivity contribution in [1.82, 2.24) is 4.90 Å². The lowest BCUT2D eigenvalue weighted by Crippen LogP contribution is -2.30. The molecule has 2 heterocycles. The highest BCUT2D eigenvalue weighted by atomic mass is 16.3. The van der Waals surface area contributed by atoms with E-state index in [1.54, 1.807) is 24.3 Å². The third-order valence-corrected chi connectivity index (χ3v) is 4.29. The van der Waals surface area contributed by atoms with Gasteiger partial charge in [0.1, 0.15) is 11.5 Å². The molecule has 0 spiro atoms. The number of furan rings is 1. The van der Waals surface area contributed by atoms with Crippen molar-refractivity contribution in [3.05, 3.63) is 59.0 Å². The number of carbonyl (C=O) groups is 2. The van der Waals surface area contributed by atoms with Crippen LogP contribution in [-0.2, 0) is 6.42 Å². The van der Waals surface area contributed by atoms with Gasteiger partial charge in [-0.05, 0) is 49.2 Å². The van der Waals surface area contributed by atoms with Crippen LogP contribution in [0.3, 0.4) is 0 Å². The van der Waals surface area contributed by atoms with Crippen LogP contribution in [0.2, 0.25) is 0 Å². The second-order valence-corrected chi connectivity index (χ2v) is 5.76. The van der Waals surface area contributed by atoms with Gasteiger partial charge in [-0.1, -0.05) is 6.92 Å². The smallest absolute Gasteiger partial charge is 0.254 e. The minimum Gasteiger partial charge on any atom is -0.464 e. The lowest BCUT2D eigenvalue weighted by Gasteiger charge is -2.23. The van der Waals surface area contributed by atoms with Gasteiger partial charge in [-0.2, -0.15) is 0 Å². The molecule has 0 aliphatic carbocycles. The number of primary amides is 1. The SMILES string of the molecule is CCc1ccc(C2CCCN2C(=O)c2ccc(C(N)=O)cc2)o1. The van der Waals surface area contributed by atoms with Crippen LogP contribution in [0.5, 0.6) is 0 Å². The highest BCUT2D eigenvalue weighted by Gasteiger charge is 2.32. The maximum atomic E-state index is 12.8. The van der Waals surface area contributed by atoms with E-state index in [0.717, 1.165) is 30.8 Å². The zero-order valence-corrected chi connectivity index (χ0v) is 13.1. The summed E-state index contributed by atoms with van der Waals surface area (Å²) < 4.78 is 5.83. The molecular formula is C18H20N2O3. The van der Waals surface area contributed by atoms with Crippen LogP contribution in [0.15, 0.2) is 40.8 Å². The number of amides is 2. The van der Waals surface area contributed by atoms with Crippen LogP contribution in [0.1, 0.15) is 58.0 Å². The molecule has 1 atom stereocenters. The molecule has 2 amide bonds. The minimum absolute atomic E-state index is 0.0152. The van der Waals surface area contributed by atoms with Gasteiger partial charge in [0.2, 0.25) is 5.91 Å². The van der Waals surface area contributed by atoms with Gasteiger partial charge in [-0.25, -0.2) is 0 Å². The topological polar surface area (TPSA) is 76.5 Å². The first-order valence-corrected chi connectivity index (χ1v) is 7.89. The molecule has 5 heteroatoms. The Bertz CT molecular complexity index is 718. The number of rotatable bonds is 4. The Morgan fingerprint density at radius 1 is 1.17 bits per heavy atom. The van der Waals surface area contributed by atoms with Crippen LogP contribution in [0.25, 0.3) is 0 Å². The van der Waals surface area contributed by atoms with Gasteiger partial charge in [0.15, 0.2) is 0 Å². The van der Waals surface area contributed by atoms with E-state index >= 15 is 0 Å². The van der Waals surface area contributed by atoms with Crippen molar-refractivity contribution in [1.29, 1.82) is 0 Å². The number of nitrogens with zero attached hydrogens (tertiary/aromatic N) is 1. The normalized spacial score (nSPS) is 17.4. The maximum absolute atomic E-state index is 12.8. The fourth-order valence-corrected chi connectivity index (χ4v) is 3.01. The van der Waals surface area contributed by atoms with Crippen molar-refractivity contribution >= 4 is 11.8 Å². The first kappa shape index (κ1) is 15.3. The van der Waals surface area contributed by atoms with Crippen LogP contribution >= 0.6 is 0 Å². The van der Waals surface area contributed by atoms with Gasteiger partial charge in [0, 0.05) is 24.1 Å². The molecule has 2 aromatic rings. The van der Waals surface area contributed by atoms with Crippen molar-refractivity contribution < 1.29 is 14.0 Å². The van der Waals surface area contributed by atoms with Crippen molar-refractivity contribution in [3.63, 3.8) is 0 Å². The summed E-state index contributed by atoms with van der Waals surface area (Å²) in [6.45, 7) is 2.75. The largest absolute Gasteiger partial charge is 0.464 e. The van der Waals surface area contributed by atoms with Crippen molar-refractivity contribution in [2.75, 3.05) is 6.54 Å². The molecule has 1 saturated heterocycles. The number of carbonyl (C=O) groups excluding carboxylic acids is 2. The number of nitrogens with two attached hydrogens (primary N) is 1. The second kappa shape index (κ2) is 6.28. The fraction of sp³-hybridized carbons (Fsp3) is 0.333. The van der Waals surface area contributed by atoms with Gasteiger partial charge in [0.05, 0.1) is 6.04 Å². The maximum Gasteiger partial charge on any atom is 0.254 e. The molecule has 5 nitrogen and oxygen atoms in total. The summed E-state index contributed by atoms with van der Waals surface area (Å²) in [5.41, 5.74) is 6.19. The minimum atomic E-state index is -0.495. The monoisotopic (exact) mass is 312 g/mol. The molecule has 23 heavy (non-hydrogen) atoms. The summed E-state index contributed by atoms with van der Waals surface area (Å²) >= 11 is 0. The molecule has 2 N–H and O–H groups in total. The van der Waals surface area contributed by atoms with Crippen LogP contribution in [-0.4, -0.2) is 23.3 Å². The molecular weight excluding hydrogens is 292 g/mol. The van der Waals surface area contributed by atoms with Gasteiger partial charge >= 0.3 is 0 Å². The Hall–Kier alpha value is -2.56. The molecule has 0 radical (unpaired) electrons.